The predicted molar refractivity (Wildman–Crippen MR) is 113 cm³/mol. The summed E-state index contributed by atoms with van der Waals surface area (Å²) in [5.41, 5.74) is 1.51. The topological polar surface area (TPSA) is 130 Å². The van der Waals surface area contributed by atoms with E-state index >= 15 is 0 Å². The highest BCUT2D eigenvalue weighted by molar-refractivity contribution is 7.83. The molecule has 30 heavy (non-hydrogen) atoms. The van der Waals surface area contributed by atoms with E-state index in [1.54, 1.807) is 0 Å². The third-order valence-electron chi connectivity index (χ3n) is 4.52. The van der Waals surface area contributed by atoms with Crippen LogP contribution in [-0.4, -0.2) is 50.1 Å². The largest absolute Gasteiger partial charge is 0.724 e. The highest BCUT2D eigenvalue weighted by Gasteiger charge is 2.26. The maximum atomic E-state index is 9.48. The molecule has 1 aromatic carbocycles. The molecule has 0 aromatic heterocycles. The van der Waals surface area contributed by atoms with Crippen molar-refractivity contribution in [2.45, 2.75) is 65.8 Å². The van der Waals surface area contributed by atoms with Crippen LogP contribution in [0.4, 0.5) is 0 Å². The zero-order valence-electron chi connectivity index (χ0n) is 18.0. The summed E-state index contributed by atoms with van der Waals surface area (Å²) in [5.74, 6) is 0. The number of hydrogen-bond donors (Lipinski definition) is 1. The normalized spacial score (nSPS) is 12.3. The van der Waals surface area contributed by atoms with Crippen molar-refractivity contribution < 1.29 is 39.1 Å². The summed E-state index contributed by atoms with van der Waals surface area (Å²) < 4.78 is 61.5. The van der Waals surface area contributed by atoms with E-state index in [-0.39, 0.29) is 0 Å². The van der Waals surface area contributed by atoms with Crippen LogP contribution in [0.25, 0.3) is 0 Å². The van der Waals surface area contributed by atoms with Gasteiger partial charge in [-0.2, -0.15) is 8.42 Å². The van der Waals surface area contributed by atoms with E-state index in [1.807, 2.05) is 0 Å². The molecule has 0 spiro atoms. The fourth-order valence-corrected chi connectivity index (χ4v) is 3.65. The molecule has 0 aliphatic rings. The standard InChI is InChI=1S/C19H34N.H2O8S2/c1-4-7-15-20(16-8-5-2,17-9-6-3)18-19-13-11-10-12-14-19;1-9(2,3)7-8-10(4,5)6/h10-14H,4-9,15-18H2,1-3H3;(H,1,2,3)(H,4,5,6)/q+1;/p-1. The second-order valence-electron chi connectivity index (χ2n) is 7.19. The van der Waals surface area contributed by atoms with Crippen LogP contribution < -0.4 is 0 Å². The maximum absolute atomic E-state index is 9.48. The first kappa shape index (κ1) is 28.9. The Morgan fingerprint density at radius 2 is 1.27 bits per heavy atom. The molecule has 176 valence electrons. The minimum Gasteiger partial charge on any atom is -0.724 e. The van der Waals surface area contributed by atoms with Crippen molar-refractivity contribution in [3.63, 3.8) is 0 Å². The van der Waals surface area contributed by atoms with E-state index in [0.717, 1.165) is 0 Å². The number of rotatable bonds is 14. The summed E-state index contributed by atoms with van der Waals surface area (Å²) in [6.07, 6.45) is 8.02. The summed E-state index contributed by atoms with van der Waals surface area (Å²) in [4.78, 5) is 0. The number of hydrogen-bond acceptors (Lipinski definition) is 7. The van der Waals surface area contributed by atoms with Gasteiger partial charge in [0.05, 0.1) is 19.6 Å². The SMILES string of the molecule is CCCC[N+](CCCC)(CCCC)Cc1ccccc1.O=S(=O)([O-])OOS(=O)(=O)O. The van der Waals surface area contributed by atoms with Crippen LogP contribution in [0.3, 0.4) is 0 Å². The van der Waals surface area contributed by atoms with Crippen LogP contribution in [0, 0.1) is 0 Å². The third-order valence-corrected chi connectivity index (χ3v) is 5.08. The second kappa shape index (κ2) is 14.8. The smallest absolute Gasteiger partial charge is 0.425 e. The van der Waals surface area contributed by atoms with Crippen LogP contribution >= 0.6 is 0 Å². The lowest BCUT2D eigenvalue weighted by molar-refractivity contribution is -0.941. The van der Waals surface area contributed by atoms with Gasteiger partial charge in [0, 0.05) is 5.56 Å². The van der Waals surface area contributed by atoms with E-state index in [2.05, 4.69) is 59.8 Å². The molecule has 0 bridgehead atoms. The average Bonchev–Trinajstić information content (AvgIpc) is 2.68. The van der Waals surface area contributed by atoms with Gasteiger partial charge < -0.3 is 9.04 Å². The number of unbranched alkanes of at least 4 members (excludes halogenated alkanes) is 3. The highest BCUT2D eigenvalue weighted by Crippen LogP contribution is 2.19. The van der Waals surface area contributed by atoms with Gasteiger partial charge in [0.2, 0.25) is 10.4 Å². The van der Waals surface area contributed by atoms with Crippen molar-refractivity contribution in [3.8, 4) is 0 Å². The lowest BCUT2D eigenvalue weighted by Crippen LogP contribution is -2.49. The Morgan fingerprint density at radius 1 is 0.833 bits per heavy atom. The third kappa shape index (κ3) is 15.7. The second-order valence-corrected chi connectivity index (χ2v) is 9.13. The van der Waals surface area contributed by atoms with Crippen molar-refractivity contribution in [1.29, 1.82) is 0 Å². The van der Waals surface area contributed by atoms with Gasteiger partial charge in [0.1, 0.15) is 6.54 Å². The molecular weight excluding hydrogens is 434 g/mol. The first-order valence-electron chi connectivity index (χ1n) is 10.2. The van der Waals surface area contributed by atoms with E-state index in [9.17, 15) is 21.4 Å². The first-order valence-corrected chi connectivity index (χ1v) is 12.9. The van der Waals surface area contributed by atoms with Crippen molar-refractivity contribution in [2.75, 3.05) is 19.6 Å². The van der Waals surface area contributed by atoms with Crippen LogP contribution in [0.1, 0.15) is 64.9 Å². The molecule has 0 amide bonds. The maximum Gasteiger partial charge on any atom is 0.425 e. The van der Waals surface area contributed by atoms with Crippen molar-refractivity contribution in [2.24, 2.45) is 0 Å². The molecule has 0 aliphatic carbocycles. The van der Waals surface area contributed by atoms with E-state index in [0.29, 0.717) is 0 Å². The Hall–Kier alpha value is -1.08. The zero-order chi connectivity index (χ0) is 23.1. The molecule has 0 saturated heterocycles. The van der Waals surface area contributed by atoms with E-state index in [4.69, 9.17) is 4.55 Å². The van der Waals surface area contributed by atoms with E-state index < -0.39 is 20.8 Å². The molecule has 0 atom stereocenters. The van der Waals surface area contributed by atoms with Gasteiger partial charge in [-0.25, -0.2) is 8.42 Å². The van der Waals surface area contributed by atoms with Crippen LogP contribution in [0.5, 0.6) is 0 Å². The quantitative estimate of drug-likeness (QED) is 0.144. The fraction of sp³-hybridized carbons (Fsp3) is 0.684. The molecule has 1 aromatic rings. The Kier molecular flexibility index (Phi) is 14.3. The summed E-state index contributed by atoms with van der Waals surface area (Å²) in [5, 5.41) is 0. The van der Waals surface area contributed by atoms with Crippen LogP contribution in [0.15, 0.2) is 30.3 Å². The minimum absolute atomic E-state index is 1.22. The summed E-state index contributed by atoms with van der Waals surface area (Å²) in [6, 6.07) is 11.1. The Morgan fingerprint density at radius 3 is 1.57 bits per heavy atom. The zero-order valence-corrected chi connectivity index (χ0v) is 19.7. The molecule has 11 heteroatoms. The lowest BCUT2D eigenvalue weighted by atomic mass is 10.1. The molecule has 0 radical (unpaired) electrons. The van der Waals surface area contributed by atoms with Gasteiger partial charge in [-0.1, -0.05) is 79.0 Å². The van der Waals surface area contributed by atoms with Gasteiger partial charge >= 0.3 is 10.4 Å². The molecule has 1 rings (SSSR count). The minimum atomic E-state index is -5.27. The number of nitrogens with zero attached hydrogens (tertiary/aromatic N) is 1. The summed E-state index contributed by atoms with van der Waals surface area (Å²) >= 11 is 0. The Balaban J connectivity index is 0.000000710. The van der Waals surface area contributed by atoms with Crippen molar-refractivity contribution in [1.82, 2.24) is 0 Å². The first-order chi connectivity index (χ1) is 14.0. The van der Waals surface area contributed by atoms with Gasteiger partial charge in [-0.3, -0.25) is 4.55 Å². The predicted octanol–water partition coefficient (Wildman–Crippen LogP) is 3.60. The molecular formula is C19H35NO8S2. The summed E-state index contributed by atoms with van der Waals surface area (Å²) in [6.45, 7) is 12.2. The summed E-state index contributed by atoms with van der Waals surface area (Å²) in [7, 11) is -10.3. The lowest BCUT2D eigenvalue weighted by Gasteiger charge is -2.39. The number of benzene rings is 1. The molecule has 1 N–H and O–H groups in total. The average molecular weight is 470 g/mol. The van der Waals surface area contributed by atoms with Crippen LogP contribution in [0.2, 0.25) is 0 Å². The van der Waals surface area contributed by atoms with Crippen molar-refractivity contribution in [3.05, 3.63) is 35.9 Å². The fourth-order valence-electron chi connectivity index (χ4n) is 3.09. The van der Waals surface area contributed by atoms with Crippen molar-refractivity contribution >= 4 is 20.8 Å². The molecule has 0 unspecified atom stereocenters. The molecule has 0 aliphatic heterocycles. The van der Waals surface area contributed by atoms with Gasteiger partial charge in [0.25, 0.3) is 0 Å². The number of quaternary nitrogens is 1. The highest BCUT2D eigenvalue weighted by atomic mass is 32.3. The molecule has 0 heterocycles. The van der Waals surface area contributed by atoms with E-state index in [1.165, 1.54) is 74.8 Å². The van der Waals surface area contributed by atoms with Crippen LogP contribution in [-0.2, 0) is 36.0 Å². The monoisotopic (exact) mass is 469 g/mol. The van der Waals surface area contributed by atoms with Gasteiger partial charge in [-0.05, 0) is 19.3 Å². The molecule has 0 fully saturated rings. The van der Waals surface area contributed by atoms with Gasteiger partial charge in [0.15, 0.2) is 0 Å². The Labute approximate surface area is 181 Å². The molecule has 9 nitrogen and oxygen atoms in total. The Bertz CT molecular complexity index is 713. The van der Waals surface area contributed by atoms with Gasteiger partial charge in [-0.15, -0.1) is 0 Å². The molecule has 0 saturated carbocycles.